The van der Waals surface area contributed by atoms with Gasteiger partial charge in [-0.25, -0.2) is 4.39 Å². The number of fused-ring (bicyclic) bond motifs is 1. The predicted octanol–water partition coefficient (Wildman–Crippen LogP) is 2.13. The number of carbonyl (C=O) groups excluding carboxylic acids is 1. The number of hydrogen-bond donors (Lipinski definition) is 0. The van der Waals surface area contributed by atoms with E-state index in [9.17, 15) is 9.18 Å². The maximum absolute atomic E-state index is 13.8. The molecule has 0 radical (unpaired) electrons. The number of ether oxygens (including phenoxy) is 1. The fraction of sp³-hybridized carbons (Fsp3) is 0.588. The number of likely N-dealkylation sites (tertiary alicyclic amines) is 2. The van der Waals surface area contributed by atoms with Crippen molar-refractivity contribution >= 4 is 5.91 Å². The van der Waals surface area contributed by atoms with Crippen molar-refractivity contribution in [2.75, 3.05) is 26.7 Å². The van der Waals surface area contributed by atoms with Gasteiger partial charge < -0.3 is 9.64 Å². The Kier molecular flexibility index (Phi) is 4.08. The lowest BCUT2D eigenvalue weighted by Crippen LogP contribution is -2.54. The summed E-state index contributed by atoms with van der Waals surface area (Å²) >= 11 is 0. The Morgan fingerprint density at radius 1 is 1.36 bits per heavy atom. The Morgan fingerprint density at radius 2 is 2.14 bits per heavy atom. The molecule has 5 heteroatoms. The first-order chi connectivity index (χ1) is 10.5. The summed E-state index contributed by atoms with van der Waals surface area (Å²) in [6.07, 6.45) is 0. The van der Waals surface area contributed by atoms with Gasteiger partial charge in [-0.15, -0.1) is 0 Å². The Balaban J connectivity index is 1.60. The summed E-state index contributed by atoms with van der Waals surface area (Å²) in [7, 11) is 1.47. The minimum atomic E-state index is -0.319. The highest BCUT2D eigenvalue weighted by Crippen LogP contribution is 2.34. The van der Waals surface area contributed by atoms with E-state index in [-0.39, 0.29) is 23.4 Å². The molecule has 0 aliphatic carbocycles. The van der Waals surface area contributed by atoms with E-state index in [1.165, 1.54) is 13.2 Å². The molecule has 0 spiro atoms. The highest BCUT2D eigenvalue weighted by atomic mass is 19.1. The molecule has 4 nitrogen and oxygen atoms in total. The van der Waals surface area contributed by atoms with Crippen LogP contribution >= 0.6 is 0 Å². The van der Waals surface area contributed by atoms with Crippen molar-refractivity contribution < 1.29 is 13.9 Å². The zero-order valence-corrected chi connectivity index (χ0v) is 13.4. The molecular formula is C17H23FN2O2. The smallest absolute Gasteiger partial charge is 0.225 e. The summed E-state index contributed by atoms with van der Waals surface area (Å²) in [6, 6.07) is 5.54. The number of halogens is 1. The van der Waals surface area contributed by atoms with Crippen LogP contribution in [0.5, 0.6) is 5.75 Å². The van der Waals surface area contributed by atoms with Crippen molar-refractivity contribution in [1.82, 2.24) is 9.80 Å². The standard InChI is InChI=1S/C17H23FN2O2/c1-11(2)17(21)20-9-13-8-19(15(13)10-20)7-12-4-5-16(22-3)14(18)6-12/h4-6,11,13,15H,7-10H2,1-3H3. The average Bonchev–Trinajstić information content (AvgIpc) is 2.81. The fourth-order valence-corrected chi connectivity index (χ4v) is 3.52. The fourth-order valence-electron chi connectivity index (χ4n) is 3.52. The molecule has 0 N–H and O–H groups in total. The molecule has 2 saturated heterocycles. The first-order valence-corrected chi connectivity index (χ1v) is 7.85. The number of nitrogens with zero attached hydrogens (tertiary/aromatic N) is 2. The predicted molar refractivity (Wildman–Crippen MR) is 82.1 cm³/mol. The van der Waals surface area contributed by atoms with Crippen LogP contribution in [0, 0.1) is 17.7 Å². The summed E-state index contributed by atoms with van der Waals surface area (Å²) in [5.41, 5.74) is 0.949. The Morgan fingerprint density at radius 3 is 2.77 bits per heavy atom. The minimum Gasteiger partial charge on any atom is -0.494 e. The van der Waals surface area contributed by atoms with Crippen molar-refractivity contribution in [3.05, 3.63) is 29.6 Å². The van der Waals surface area contributed by atoms with Crippen molar-refractivity contribution in [2.45, 2.75) is 26.4 Å². The zero-order chi connectivity index (χ0) is 15.9. The number of benzene rings is 1. The molecule has 0 saturated carbocycles. The number of rotatable bonds is 4. The van der Waals surface area contributed by atoms with Crippen LogP contribution in [0.25, 0.3) is 0 Å². The summed E-state index contributed by atoms with van der Waals surface area (Å²) in [6.45, 7) is 7.28. The third kappa shape index (κ3) is 2.70. The molecule has 1 aromatic carbocycles. The molecule has 0 bridgehead atoms. The molecule has 2 unspecified atom stereocenters. The largest absolute Gasteiger partial charge is 0.494 e. The van der Waals surface area contributed by atoms with Gasteiger partial charge in [0.05, 0.1) is 7.11 Å². The third-order valence-electron chi connectivity index (χ3n) is 4.75. The van der Waals surface area contributed by atoms with Crippen LogP contribution < -0.4 is 4.74 Å². The first kappa shape index (κ1) is 15.3. The van der Waals surface area contributed by atoms with Gasteiger partial charge in [-0.3, -0.25) is 9.69 Å². The maximum atomic E-state index is 13.8. The van der Waals surface area contributed by atoms with E-state index in [1.54, 1.807) is 6.07 Å². The van der Waals surface area contributed by atoms with Crippen LogP contribution in [0.1, 0.15) is 19.4 Å². The molecule has 2 heterocycles. The van der Waals surface area contributed by atoms with E-state index < -0.39 is 0 Å². The van der Waals surface area contributed by atoms with E-state index in [2.05, 4.69) is 4.90 Å². The van der Waals surface area contributed by atoms with Crippen molar-refractivity contribution in [1.29, 1.82) is 0 Å². The van der Waals surface area contributed by atoms with E-state index >= 15 is 0 Å². The number of hydrogen-bond acceptors (Lipinski definition) is 3. The Labute approximate surface area is 130 Å². The van der Waals surface area contributed by atoms with Crippen LogP contribution in [0.3, 0.4) is 0 Å². The topological polar surface area (TPSA) is 32.8 Å². The average molecular weight is 306 g/mol. The summed E-state index contributed by atoms with van der Waals surface area (Å²) < 4.78 is 18.7. The van der Waals surface area contributed by atoms with Gasteiger partial charge in [0.15, 0.2) is 11.6 Å². The lowest BCUT2D eigenvalue weighted by Gasteiger charge is -2.43. The quantitative estimate of drug-likeness (QED) is 0.854. The van der Waals surface area contributed by atoms with Gasteiger partial charge in [-0.2, -0.15) is 0 Å². The van der Waals surface area contributed by atoms with Gasteiger partial charge in [-0.05, 0) is 17.7 Å². The van der Waals surface area contributed by atoms with Crippen LogP contribution in [-0.4, -0.2) is 48.5 Å². The van der Waals surface area contributed by atoms with E-state index in [0.717, 1.165) is 31.7 Å². The molecule has 1 aromatic rings. The SMILES string of the molecule is COc1ccc(CN2CC3CN(C(=O)C(C)C)CC32)cc1F. The first-order valence-electron chi connectivity index (χ1n) is 7.85. The summed E-state index contributed by atoms with van der Waals surface area (Å²) in [5, 5.41) is 0. The van der Waals surface area contributed by atoms with Crippen molar-refractivity contribution in [2.24, 2.45) is 11.8 Å². The lowest BCUT2D eigenvalue weighted by atomic mass is 9.91. The van der Waals surface area contributed by atoms with Crippen LogP contribution in [-0.2, 0) is 11.3 Å². The van der Waals surface area contributed by atoms with Gasteiger partial charge in [0, 0.05) is 44.1 Å². The molecule has 2 fully saturated rings. The van der Waals surface area contributed by atoms with E-state index in [0.29, 0.717) is 12.0 Å². The highest BCUT2D eigenvalue weighted by Gasteiger charge is 2.46. The molecule has 2 atom stereocenters. The van der Waals surface area contributed by atoms with Gasteiger partial charge in [0.1, 0.15) is 0 Å². The van der Waals surface area contributed by atoms with Gasteiger partial charge >= 0.3 is 0 Å². The van der Waals surface area contributed by atoms with Crippen molar-refractivity contribution in [3.63, 3.8) is 0 Å². The van der Waals surface area contributed by atoms with Gasteiger partial charge in [-0.1, -0.05) is 19.9 Å². The van der Waals surface area contributed by atoms with Crippen molar-refractivity contribution in [3.8, 4) is 5.75 Å². The minimum absolute atomic E-state index is 0.0571. The van der Waals surface area contributed by atoms with Crippen LogP contribution in [0.15, 0.2) is 18.2 Å². The summed E-state index contributed by atoms with van der Waals surface area (Å²) in [4.78, 5) is 16.4. The monoisotopic (exact) mass is 306 g/mol. The Bertz CT molecular complexity index is 576. The van der Waals surface area contributed by atoms with Gasteiger partial charge in [0.25, 0.3) is 0 Å². The number of carbonyl (C=O) groups is 1. The van der Waals surface area contributed by atoms with Crippen LogP contribution in [0.2, 0.25) is 0 Å². The number of amides is 1. The molecule has 22 heavy (non-hydrogen) atoms. The molecular weight excluding hydrogens is 283 g/mol. The normalized spacial score (nSPS) is 24.3. The maximum Gasteiger partial charge on any atom is 0.225 e. The van der Waals surface area contributed by atoms with E-state index in [1.807, 2.05) is 24.8 Å². The molecule has 3 rings (SSSR count). The lowest BCUT2D eigenvalue weighted by molar-refractivity contribution is -0.133. The van der Waals surface area contributed by atoms with Crippen LogP contribution in [0.4, 0.5) is 4.39 Å². The number of methoxy groups -OCH3 is 1. The summed E-state index contributed by atoms with van der Waals surface area (Å²) in [5.74, 6) is 0.831. The Hall–Kier alpha value is -1.62. The van der Waals surface area contributed by atoms with E-state index in [4.69, 9.17) is 4.74 Å². The third-order valence-corrected chi connectivity index (χ3v) is 4.75. The zero-order valence-electron chi connectivity index (χ0n) is 13.4. The molecule has 0 aromatic heterocycles. The molecule has 120 valence electrons. The second kappa shape index (κ2) is 5.88. The van der Waals surface area contributed by atoms with Gasteiger partial charge in [0.2, 0.25) is 5.91 Å². The highest BCUT2D eigenvalue weighted by molar-refractivity contribution is 5.78. The molecule has 1 amide bonds. The second-order valence-electron chi connectivity index (χ2n) is 6.62. The molecule has 2 aliphatic heterocycles. The molecule has 2 aliphatic rings. The second-order valence-corrected chi connectivity index (χ2v) is 6.62.